The van der Waals surface area contributed by atoms with Crippen LogP contribution in [0.2, 0.25) is 0 Å². The molecular formula is C61H34N4O2. The van der Waals surface area contributed by atoms with Gasteiger partial charge in [-0.05, 0) is 98.4 Å². The molecule has 0 atom stereocenters. The van der Waals surface area contributed by atoms with Crippen LogP contribution in [-0.4, -0.2) is 19.5 Å². The van der Waals surface area contributed by atoms with Crippen molar-refractivity contribution in [3.05, 3.63) is 206 Å². The van der Waals surface area contributed by atoms with Gasteiger partial charge in [-0.3, -0.25) is 0 Å². The highest BCUT2D eigenvalue weighted by Gasteiger charge is 2.26. The maximum absolute atomic E-state index is 7.23. The number of para-hydroxylation sites is 1. The van der Waals surface area contributed by atoms with Crippen LogP contribution in [0.15, 0.2) is 215 Å². The van der Waals surface area contributed by atoms with E-state index in [1.54, 1.807) is 0 Å². The van der Waals surface area contributed by atoms with Crippen molar-refractivity contribution in [1.29, 1.82) is 0 Å². The average Bonchev–Trinajstić information content (AvgIpc) is 4.07. The summed E-state index contributed by atoms with van der Waals surface area (Å²) in [5.74, 6) is 1.66. The summed E-state index contributed by atoms with van der Waals surface area (Å²) in [6.45, 7) is 0. The Morgan fingerprint density at radius 3 is 1.72 bits per heavy atom. The van der Waals surface area contributed by atoms with Gasteiger partial charge in [-0.2, -0.15) is 0 Å². The van der Waals surface area contributed by atoms with E-state index in [0.29, 0.717) is 17.5 Å². The van der Waals surface area contributed by atoms with Crippen LogP contribution in [0.5, 0.6) is 0 Å². The summed E-state index contributed by atoms with van der Waals surface area (Å²) in [5.41, 5.74) is 8.80. The lowest BCUT2D eigenvalue weighted by molar-refractivity contribution is 0.666. The summed E-state index contributed by atoms with van der Waals surface area (Å²) < 4.78 is 15.9. The minimum atomic E-state index is 0.531. The van der Waals surface area contributed by atoms with Gasteiger partial charge < -0.3 is 13.4 Å². The van der Waals surface area contributed by atoms with E-state index >= 15 is 0 Å². The molecule has 0 amide bonds. The quantitative estimate of drug-likeness (QED) is 0.176. The molecule has 0 spiro atoms. The summed E-state index contributed by atoms with van der Waals surface area (Å²) >= 11 is 0. The van der Waals surface area contributed by atoms with Crippen LogP contribution in [0.4, 0.5) is 0 Å². The van der Waals surface area contributed by atoms with Crippen molar-refractivity contribution >= 4 is 109 Å². The third-order valence-corrected chi connectivity index (χ3v) is 13.8. The molecule has 4 aromatic heterocycles. The Morgan fingerprint density at radius 1 is 0.328 bits per heavy atom. The molecule has 15 aromatic rings. The fraction of sp³-hybridized carbons (Fsp3) is 0. The topological polar surface area (TPSA) is 69.9 Å². The lowest BCUT2D eigenvalue weighted by Crippen LogP contribution is -2.04. The second-order valence-corrected chi connectivity index (χ2v) is 17.5. The lowest BCUT2D eigenvalue weighted by Gasteiger charge is -2.16. The first-order valence-electron chi connectivity index (χ1n) is 22.6. The van der Waals surface area contributed by atoms with Crippen LogP contribution in [0.1, 0.15) is 0 Å². The molecule has 0 aliphatic rings. The van der Waals surface area contributed by atoms with E-state index in [1.165, 1.54) is 5.39 Å². The molecular weight excluding hydrogens is 821 g/mol. The lowest BCUT2D eigenvalue weighted by atomic mass is 10.0. The Kier molecular flexibility index (Phi) is 7.40. The predicted octanol–water partition coefficient (Wildman–Crippen LogP) is 16.4. The molecule has 0 saturated heterocycles. The summed E-state index contributed by atoms with van der Waals surface area (Å²) in [7, 11) is 0. The molecule has 6 heteroatoms. The molecule has 310 valence electrons. The van der Waals surface area contributed by atoms with Gasteiger partial charge in [-0.1, -0.05) is 146 Å². The number of nitrogens with zero attached hydrogens (tertiary/aromatic N) is 4. The molecule has 0 N–H and O–H groups in total. The van der Waals surface area contributed by atoms with Crippen molar-refractivity contribution in [2.45, 2.75) is 0 Å². The second-order valence-electron chi connectivity index (χ2n) is 17.5. The van der Waals surface area contributed by atoms with Gasteiger partial charge in [-0.15, -0.1) is 0 Å². The van der Waals surface area contributed by atoms with Crippen LogP contribution in [0, 0.1) is 0 Å². The normalized spacial score (nSPS) is 12.2. The monoisotopic (exact) mass is 854 g/mol. The molecule has 0 unspecified atom stereocenters. The van der Waals surface area contributed by atoms with E-state index in [1.807, 2.05) is 30.3 Å². The zero-order valence-corrected chi connectivity index (χ0v) is 35.7. The van der Waals surface area contributed by atoms with Crippen molar-refractivity contribution in [1.82, 2.24) is 19.5 Å². The number of benzene rings is 11. The maximum atomic E-state index is 7.23. The van der Waals surface area contributed by atoms with Crippen molar-refractivity contribution < 1.29 is 8.83 Å². The zero-order chi connectivity index (χ0) is 43.7. The molecule has 67 heavy (non-hydrogen) atoms. The third kappa shape index (κ3) is 5.35. The summed E-state index contributed by atoms with van der Waals surface area (Å²) in [6, 6.07) is 72.8. The van der Waals surface area contributed by atoms with Crippen LogP contribution in [0.25, 0.3) is 149 Å². The zero-order valence-electron chi connectivity index (χ0n) is 35.7. The van der Waals surface area contributed by atoms with Crippen molar-refractivity contribution in [2.75, 3.05) is 0 Å². The molecule has 0 radical (unpaired) electrons. The van der Waals surface area contributed by atoms with E-state index in [4.69, 9.17) is 23.8 Å². The largest absolute Gasteiger partial charge is 0.456 e. The van der Waals surface area contributed by atoms with Gasteiger partial charge in [0.25, 0.3) is 0 Å². The fourth-order valence-corrected chi connectivity index (χ4v) is 10.6. The number of hydrogen-bond donors (Lipinski definition) is 0. The maximum Gasteiger partial charge on any atom is 0.166 e. The Labute approximate surface area is 381 Å². The number of furan rings is 2. The van der Waals surface area contributed by atoms with Crippen LogP contribution in [0.3, 0.4) is 0 Å². The van der Waals surface area contributed by atoms with Gasteiger partial charge in [0.15, 0.2) is 23.1 Å². The van der Waals surface area contributed by atoms with E-state index in [2.05, 4.69) is 180 Å². The minimum Gasteiger partial charge on any atom is -0.456 e. The molecule has 6 nitrogen and oxygen atoms in total. The molecule has 0 saturated carbocycles. The van der Waals surface area contributed by atoms with Gasteiger partial charge in [0.2, 0.25) is 0 Å². The van der Waals surface area contributed by atoms with E-state index in [-0.39, 0.29) is 0 Å². The van der Waals surface area contributed by atoms with E-state index in [0.717, 1.165) is 126 Å². The van der Waals surface area contributed by atoms with Crippen molar-refractivity contribution in [3.8, 4) is 39.9 Å². The van der Waals surface area contributed by atoms with Crippen molar-refractivity contribution in [3.63, 3.8) is 0 Å². The summed E-state index contributed by atoms with van der Waals surface area (Å²) in [6.07, 6.45) is 0. The molecule has 4 heterocycles. The summed E-state index contributed by atoms with van der Waals surface area (Å²) in [5, 5.41) is 15.6. The fourth-order valence-electron chi connectivity index (χ4n) is 10.6. The first-order valence-corrected chi connectivity index (χ1v) is 22.6. The summed E-state index contributed by atoms with van der Waals surface area (Å²) in [4.78, 5) is 16.2. The van der Waals surface area contributed by atoms with Gasteiger partial charge in [0.05, 0.1) is 11.0 Å². The Bertz CT molecular complexity index is 4590. The molecule has 0 fully saturated rings. The first kappa shape index (κ1) is 36.2. The minimum absolute atomic E-state index is 0.531. The highest BCUT2D eigenvalue weighted by molar-refractivity contribution is 6.24. The molecule has 0 aliphatic heterocycles. The average molecular weight is 855 g/mol. The van der Waals surface area contributed by atoms with E-state index < -0.39 is 0 Å². The highest BCUT2D eigenvalue weighted by Crippen LogP contribution is 2.46. The van der Waals surface area contributed by atoms with E-state index in [9.17, 15) is 0 Å². The first-order chi connectivity index (χ1) is 33.2. The smallest absolute Gasteiger partial charge is 0.166 e. The number of aromatic nitrogens is 4. The number of hydrogen-bond acceptors (Lipinski definition) is 5. The second kappa shape index (κ2) is 13.7. The molecule has 15 rings (SSSR count). The molecule has 0 aliphatic carbocycles. The third-order valence-electron chi connectivity index (χ3n) is 13.8. The van der Waals surface area contributed by atoms with Gasteiger partial charge >= 0.3 is 0 Å². The van der Waals surface area contributed by atoms with Crippen LogP contribution >= 0.6 is 0 Å². The van der Waals surface area contributed by atoms with Crippen LogP contribution in [-0.2, 0) is 0 Å². The molecule has 11 aromatic carbocycles. The Balaban J connectivity index is 1.10. The van der Waals surface area contributed by atoms with Gasteiger partial charge in [0, 0.05) is 54.4 Å². The highest BCUT2D eigenvalue weighted by atomic mass is 16.3. The Morgan fingerprint density at radius 2 is 0.896 bits per heavy atom. The predicted molar refractivity (Wildman–Crippen MR) is 275 cm³/mol. The number of fused-ring (bicyclic) bond motifs is 15. The Hall–Kier alpha value is -9.13. The van der Waals surface area contributed by atoms with Gasteiger partial charge in [-0.25, -0.2) is 15.0 Å². The van der Waals surface area contributed by atoms with Crippen molar-refractivity contribution in [2.24, 2.45) is 0 Å². The molecule has 0 bridgehead atoms. The van der Waals surface area contributed by atoms with Gasteiger partial charge in [0.1, 0.15) is 22.4 Å². The van der Waals surface area contributed by atoms with Crippen LogP contribution < -0.4 is 0 Å². The number of rotatable bonds is 4. The standard InChI is InChI=1S/C61H34N4O2/c1-2-14-38-31-41(22-21-35(38)11-1)59-62-60(42-25-29-53-50(33-42)45-19-9-10-20-52(45)66-53)64-61(63-59)48-28-27-47-55-43-17-7-5-12-36(43)24-30-54(55)67-58(47)57(48)65-51-34-40-16-4-3-15-39(40)32-49(51)46-26-23-37-13-6-8-18-44(37)56(46)65/h1-34H. The SMILES string of the molecule is c1ccc2cc(-c3nc(-c4ccc5oc6ccccc6c5c4)nc(-c4ccc5c(oc6ccc7ccccc7c65)c4-n4c5cc6ccccc6cc5c5ccc6ccccc6c54)n3)ccc2c1.